The smallest absolute Gasteiger partial charge is 0.308 e. The zero-order valence-corrected chi connectivity index (χ0v) is 37.5. The molecule has 360 valence electrons. The second-order valence-corrected chi connectivity index (χ2v) is 17.8. The van der Waals surface area contributed by atoms with Crippen LogP contribution in [0.25, 0.3) is 0 Å². The highest BCUT2D eigenvalue weighted by molar-refractivity contribution is 5.70. The van der Waals surface area contributed by atoms with E-state index in [2.05, 4.69) is 0 Å². The Morgan fingerprint density at radius 3 is 1.90 bits per heavy atom. The number of ether oxygens (including phenoxy) is 4. The molecule has 3 heterocycles. The van der Waals surface area contributed by atoms with Crippen molar-refractivity contribution < 1.29 is 74.8 Å². The predicted octanol–water partition coefficient (Wildman–Crippen LogP) is 1.87. The number of aliphatic hydroxyl groups is 10. The van der Waals surface area contributed by atoms with Crippen LogP contribution in [0.2, 0.25) is 0 Å². The van der Waals surface area contributed by atoms with Crippen LogP contribution < -0.4 is 5.73 Å². The second kappa shape index (κ2) is 27.1. The van der Waals surface area contributed by atoms with E-state index < -0.39 is 128 Å². The molecule has 0 aliphatic carbocycles. The molecule has 2 saturated heterocycles. The number of aliphatic hydroxyl groups excluding tert-OH is 9. The third-order valence-electron chi connectivity index (χ3n) is 12.3. The van der Waals surface area contributed by atoms with Crippen LogP contribution in [-0.2, 0) is 23.7 Å². The molecular formula is C47H77NO15. The van der Waals surface area contributed by atoms with E-state index in [1.165, 1.54) is 0 Å². The fraction of sp³-hybridized carbons (Fsp3) is 0.723. The van der Waals surface area contributed by atoms with Crippen molar-refractivity contribution in [2.45, 2.75) is 196 Å². The third kappa shape index (κ3) is 18.6. The van der Waals surface area contributed by atoms with E-state index in [0.717, 1.165) is 12.8 Å². The van der Waals surface area contributed by atoms with Crippen LogP contribution in [0.15, 0.2) is 72.9 Å². The number of carbonyl (C=O) groups is 1. The fourth-order valence-corrected chi connectivity index (χ4v) is 7.95. The molecule has 3 aliphatic heterocycles. The fourth-order valence-electron chi connectivity index (χ4n) is 7.95. The molecule has 0 amide bonds. The maximum Gasteiger partial charge on any atom is 0.308 e. The molecule has 14 unspecified atom stereocenters. The number of nitrogens with two attached hydrogens (primary N) is 1. The van der Waals surface area contributed by atoms with Gasteiger partial charge in [0, 0.05) is 37.0 Å². The molecule has 16 heteroatoms. The van der Waals surface area contributed by atoms with Crippen LogP contribution in [0, 0.1) is 17.8 Å². The van der Waals surface area contributed by atoms with Gasteiger partial charge in [-0.3, -0.25) is 4.79 Å². The normalized spacial score (nSPS) is 46.4. The first-order chi connectivity index (χ1) is 29.7. The average Bonchev–Trinajstić information content (AvgIpc) is 3.21. The Hall–Kier alpha value is -2.65. The molecule has 0 aromatic carbocycles. The van der Waals surface area contributed by atoms with Gasteiger partial charge in [0.1, 0.15) is 12.2 Å². The van der Waals surface area contributed by atoms with Crippen LogP contribution in [-0.4, -0.2) is 155 Å². The minimum atomic E-state index is -2.08. The summed E-state index contributed by atoms with van der Waals surface area (Å²) in [6.45, 7) is 8.64. The third-order valence-corrected chi connectivity index (χ3v) is 12.3. The molecule has 0 saturated carbocycles. The van der Waals surface area contributed by atoms with Crippen molar-refractivity contribution in [3.63, 3.8) is 0 Å². The van der Waals surface area contributed by atoms with E-state index in [1.807, 2.05) is 55.5 Å². The summed E-state index contributed by atoms with van der Waals surface area (Å²) in [5, 5.41) is 108. The van der Waals surface area contributed by atoms with Gasteiger partial charge in [-0.15, -0.1) is 0 Å². The van der Waals surface area contributed by atoms with Crippen molar-refractivity contribution in [1.82, 2.24) is 0 Å². The van der Waals surface area contributed by atoms with E-state index in [4.69, 9.17) is 24.7 Å². The maximum absolute atomic E-state index is 12.6. The summed E-state index contributed by atoms with van der Waals surface area (Å²) in [5.41, 5.74) is 6.06. The first-order valence-corrected chi connectivity index (χ1v) is 22.5. The molecule has 3 aliphatic rings. The van der Waals surface area contributed by atoms with Crippen LogP contribution >= 0.6 is 0 Å². The lowest BCUT2D eigenvalue weighted by Gasteiger charge is -2.46. The highest BCUT2D eigenvalue weighted by Gasteiger charge is 2.47. The summed E-state index contributed by atoms with van der Waals surface area (Å²) in [5.74, 6) is -3.95. The number of esters is 1. The standard InChI is InChI=1S/C47H77NO15/c1-28-18-16-14-12-10-8-6-7-9-11-13-15-17-19-36(62-46-45(58)42(48)44(57)32(5)61-46)25-40-30(3)38(53)26-47(59,63-40)27-39(54)37(52)21-20-33(49)22-34(50)23-35(51)24-41(55)60-31(4)29(2)43(28)56/h6-7,9,11-19,28-40,42-46,49-54,56-59H,8,10,20-27,48H2,1-5H3/b7-6+,11-9+,14-12+,15-13+,18-16+,19-17+/t28-,29-,30?,31-,32?,33?,34?,35?,36?,37?,38?,39?,40?,42?,43+,44?,45?,46?,47-/m0/s1. The van der Waals surface area contributed by atoms with Gasteiger partial charge >= 0.3 is 5.97 Å². The molecular weight excluding hydrogens is 819 g/mol. The number of hydrogen-bond acceptors (Lipinski definition) is 16. The zero-order chi connectivity index (χ0) is 46.9. The number of hydrogen-bond donors (Lipinski definition) is 11. The van der Waals surface area contributed by atoms with Crippen molar-refractivity contribution in [1.29, 1.82) is 0 Å². The van der Waals surface area contributed by atoms with Crippen molar-refractivity contribution in [3.8, 4) is 0 Å². The molecule has 3 rings (SSSR count). The van der Waals surface area contributed by atoms with Crippen LogP contribution in [0.5, 0.6) is 0 Å². The van der Waals surface area contributed by atoms with Gasteiger partial charge in [0.25, 0.3) is 0 Å². The topological polar surface area (TPSA) is 282 Å². The van der Waals surface area contributed by atoms with Gasteiger partial charge in [-0.1, -0.05) is 93.7 Å². The highest BCUT2D eigenvalue weighted by Crippen LogP contribution is 2.38. The average molecular weight is 896 g/mol. The Bertz CT molecular complexity index is 1520. The monoisotopic (exact) mass is 896 g/mol. The van der Waals surface area contributed by atoms with E-state index in [0.29, 0.717) is 0 Å². The van der Waals surface area contributed by atoms with Crippen LogP contribution in [0.3, 0.4) is 0 Å². The van der Waals surface area contributed by atoms with Crippen molar-refractivity contribution in [3.05, 3.63) is 72.9 Å². The molecule has 0 radical (unpaired) electrons. The SMILES string of the molecule is CC1OC(OC2/C=C/C=C/C=C/C=C/CC/C=C/C=C/[C@H](C)[C@@H](O)[C@@H](C)[C@H](C)OC(=O)CC(O)CC(O)CC(O)CCC(O)C(O)C[C@]3(O)CC(O)C(C)C(C2)O3)C(O)C(N)C1O. The van der Waals surface area contributed by atoms with Gasteiger partial charge in [-0.25, -0.2) is 0 Å². The molecule has 19 atom stereocenters. The summed E-state index contributed by atoms with van der Waals surface area (Å²) in [4.78, 5) is 12.6. The minimum absolute atomic E-state index is 0.0504. The van der Waals surface area contributed by atoms with E-state index in [-0.39, 0.29) is 44.4 Å². The molecule has 16 nitrogen and oxygen atoms in total. The zero-order valence-electron chi connectivity index (χ0n) is 37.5. The number of cyclic esters (lactones) is 1. The number of allylic oxidation sites excluding steroid dienone is 10. The summed E-state index contributed by atoms with van der Waals surface area (Å²) < 4.78 is 23.6. The summed E-state index contributed by atoms with van der Waals surface area (Å²) >= 11 is 0. The van der Waals surface area contributed by atoms with Gasteiger partial charge in [0.05, 0.1) is 79.6 Å². The predicted molar refractivity (Wildman–Crippen MR) is 235 cm³/mol. The van der Waals surface area contributed by atoms with Gasteiger partial charge in [-0.2, -0.15) is 0 Å². The maximum atomic E-state index is 12.6. The molecule has 0 spiro atoms. The van der Waals surface area contributed by atoms with Crippen molar-refractivity contribution in [2.75, 3.05) is 0 Å². The van der Waals surface area contributed by atoms with Gasteiger partial charge in [0.2, 0.25) is 0 Å². The molecule has 0 aromatic rings. The summed E-state index contributed by atoms with van der Waals surface area (Å²) in [6, 6.07) is -1.05. The van der Waals surface area contributed by atoms with Crippen molar-refractivity contribution in [2.24, 2.45) is 23.5 Å². The van der Waals surface area contributed by atoms with Crippen LogP contribution in [0.1, 0.15) is 98.8 Å². The number of fused-ring (bicyclic) bond motifs is 2. The molecule has 12 N–H and O–H groups in total. The van der Waals surface area contributed by atoms with E-state index in [9.17, 15) is 55.9 Å². The van der Waals surface area contributed by atoms with E-state index >= 15 is 0 Å². The lowest BCUT2D eigenvalue weighted by molar-refractivity contribution is -0.310. The Morgan fingerprint density at radius 1 is 0.635 bits per heavy atom. The van der Waals surface area contributed by atoms with E-state index in [1.54, 1.807) is 52.0 Å². The van der Waals surface area contributed by atoms with Gasteiger partial charge in [-0.05, 0) is 52.4 Å². The summed E-state index contributed by atoms with van der Waals surface area (Å²) in [6.07, 6.45) is 6.88. The van der Waals surface area contributed by atoms with Gasteiger partial charge in [0.15, 0.2) is 12.1 Å². The number of rotatable bonds is 2. The Morgan fingerprint density at radius 2 is 1.22 bits per heavy atom. The van der Waals surface area contributed by atoms with Crippen LogP contribution in [0.4, 0.5) is 0 Å². The lowest BCUT2D eigenvalue weighted by atomic mass is 9.83. The molecule has 63 heavy (non-hydrogen) atoms. The Kier molecular flexibility index (Phi) is 23.5. The number of carbonyl (C=O) groups excluding carboxylic acids is 1. The second-order valence-electron chi connectivity index (χ2n) is 17.8. The molecule has 2 fully saturated rings. The first kappa shape index (κ1) is 54.7. The molecule has 0 aromatic heterocycles. The lowest BCUT2D eigenvalue weighted by Crippen LogP contribution is -2.61. The largest absolute Gasteiger partial charge is 0.462 e. The van der Waals surface area contributed by atoms with Crippen molar-refractivity contribution >= 4 is 5.97 Å². The Labute approximate surface area is 372 Å². The highest BCUT2D eigenvalue weighted by atomic mass is 16.7. The first-order valence-electron chi connectivity index (χ1n) is 22.5. The van der Waals surface area contributed by atoms with Gasteiger partial charge < -0.3 is 75.7 Å². The summed E-state index contributed by atoms with van der Waals surface area (Å²) in [7, 11) is 0. The quantitative estimate of drug-likeness (QED) is 0.177. The molecule has 2 bridgehead atoms. The minimum Gasteiger partial charge on any atom is -0.462 e. The Balaban J connectivity index is 1.79.